The normalized spacial score (nSPS) is 11.3. The molecule has 0 bridgehead atoms. The van der Waals surface area contributed by atoms with Crippen LogP contribution in [0.4, 0.5) is 10.5 Å². The van der Waals surface area contributed by atoms with Crippen LogP contribution in [-0.4, -0.2) is 11.7 Å². The topological polar surface area (TPSA) is 29.5 Å². The van der Waals surface area contributed by atoms with Crippen LogP contribution in [0.1, 0.15) is 20.8 Å². The number of anilines is 1. The van der Waals surface area contributed by atoms with Crippen LogP contribution in [-0.2, 0) is 4.74 Å². The Morgan fingerprint density at radius 2 is 1.89 bits per heavy atom. The van der Waals surface area contributed by atoms with Gasteiger partial charge in [0.1, 0.15) is 5.60 Å². The SMILES string of the molecule is C=C/C=C\N(C(=O)OC(C)(C)C)c1ccccc1. The van der Waals surface area contributed by atoms with E-state index in [1.165, 1.54) is 4.90 Å². The van der Waals surface area contributed by atoms with Gasteiger partial charge in [0.25, 0.3) is 0 Å². The molecule has 0 unspecified atom stereocenters. The third-order valence-corrected chi connectivity index (χ3v) is 2.00. The van der Waals surface area contributed by atoms with E-state index in [1.54, 1.807) is 18.4 Å². The molecule has 0 atom stereocenters. The standard InChI is InChI=1S/C15H19NO2/c1-5-6-12-16(13-10-8-7-9-11-13)14(17)18-15(2,3)4/h5-12H,1H2,2-4H3/b12-6-. The molecule has 1 rings (SSSR count). The third-order valence-electron chi connectivity index (χ3n) is 2.00. The van der Waals surface area contributed by atoms with Crippen molar-refractivity contribution in [3.05, 3.63) is 55.3 Å². The third kappa shape index (κ3) is 4.45. The van der Waals surface area contributed by atoms with Crippen molar-refractivity contribution in [2.24, 2.45) is 0 Å². The Bertz CT molecular complexity index is 430. The lowest BCUT2D eigenvalue weighted by molar-refractivity contribution is 0.0596. The molecule has 0 aliphatic rings. The summed E-state index contributed by atoms with van der Waals surface area (Å²) in [6.45, 7) is 9.11. The molecule has 0 heterocycles. The lowest BCUT2D eigenvalue weighted by atomic mass is 10.2. The summed E-state index contributed by atoms with van der Waals surface area (Å²) < 4.78 is 5.35. The number of allylic oxidation sites excluding steroid dienone is 2. The fourth-order valence-corrected chi connectivity index (χ4v) is 1.30. The minimum atomic E-state index is -0.522. The molecule has 0 aliphatic heterocycles. The second-order valence-electron chi connectivity index (χ2n) is 4.76. The number of rotatable bonds is 3. The predicted octanol–water partition coefficient (Wildman–Crippen LogP) is 4.13. The van der Waals surface area contributed by atoms with Crippen LogP contribution in [0.15, 0.2) is 55.3 Å². The first-order valence-corrected chi connectivity index (χ1v) is 5.80. The summed E-state index contributed by atoms with van der Waals surface area (Å²) in [5.74, 6) is 0. The van der Waals surface area contributed by atoms with Crippen LogP contribution < -0.4 is 4.90 Å². The minimum absolute atomic E-state index is 0.410. The molecule has 3 heteroatoms. The van der Waals surface area contributed by atoms with Crippen LogP contribution in [0, 0.1) is 0 Å². The maximum Gasteiger partial charge on any atom is 0.418 e. The molecule has 0 spiro atoms. The number of hydrogen-bond donors (Lipinski definition) is 0. The van der Waals surface area contributed by atoms with Gasteiger partial charge in [-0.05, 0) is 39.0 Å². The van der Waals surface area contributed by atoms with E-state index in [4.69, 9.17) is 4.74 Å². The van der Waals surface area contributed by atoms with Crippen LogP contribution in [0.5, 0.6) is 0 Å². The van der Waals surface area contributed by atoms with Crippen molar-refractivity contribution in [1.29, 1.82) is 0 Å². The highest BCUT2D eigenvalue weighted by atomic mass is 16.6. The Labute approximate surface area is 108 Å². The second-order valence-corrected chi connectivity index (χ2v) is 4.76. The number of benzene rings is 1. The Balaban J connectivity index is 2.96. The highest BCUT2D eigenvalue weighted by molar-refractivity contribution is 5.89. The predicted molar refractivity (Wildman–Crippen MR) is 74.5 cm³/mol. The molecule has 1 aromatic carbocycles. The zero-order chi connectivity index (χ0) is 13.6. The first kappa shape index (κ1) is 14.0. The van der Waals surface area contributed by atoms with E-state index in [9.17, 15) is 4.79 Å². The van der Waals surface area contributed by atoms with E-state index >= 15 is 0 Å². The molecule has 18 heavy (non-hydrogen) atoms. The molecular weight excluding hydrogens is 226 g/mol. The van der Waals surface area contributed by atoms with E-state index < -0.39 is 11.7 Å². The van der Waals surface area contributed by atoms with Crippen LogP contribution in [0.2, 0.25) is 0 Å². The van der Waals surface area contributed by atoms with Gasteiger partial charge >= 0.3 is 6.09 Å². The molecule has 3 nitrogen and oxygen atoms in total. The van der Waals surface area contributed by atoms with Gasteiger partial charge in [0, 0.05) is 6.20 Å². The van der Waals surface area contributed by atoms with E-state index in [2.05, 4.69) is 6.58 Å². The van der Waals surface area contributed by atoms with Crippen molar-refractivity contribution in [3.8, 4) is 0 Å². The number of carbonyl (C=O) groups excluding carboxylic acids is 1. The first-order chi connectivity index (χ1) is 8.44. The van der Waals surface area contributed by atoms with Crippen LogP contribution >= 0.6 is 0 Å². The number of para-hydroxylation sites is 1. The van der Waals surface area contributed by atoms with Crippen LogP contribution in [0.25, 0.3) is 0 Å². The van der Waals surface area contributed by atoms with Crippen molar-refractivity contribution in [3.63, 3.8) is 0 Å². The molecule has 96 valence electrons. The highest BCUT2D eigenvalue weighted by Crippen LogP contribution is 2.18. The molecule has 0 fully saturated rings. The summed E-state index contributed by atoms with van der Waals surface area (Å²) in [6.07, 6.45) is 4.53. The lowest BCUT2D eigenvalue weighted by Gasteiger charge is -2.25. The maximum atomic E-state index is 12.1. The quantitative estimate of drug-likeness (QED) is 0.749. The largest absolute Gasteiger partial charge is 0.443 e. The van der Waals surface area contributed by atoms with Crippen molar-refractivity contribution in [2.75, 3.05) is 4.90 Å². The van der Waals surface area contributed by atoms with Crippen molar-refractivity contribution < 1.29 is 9.53 Å². The van der Waals surface area contributed by atoms with E-state index in [0.717, 1.165) is 5.69 Å². The Kier molecular flexibility index (Phi) is 4.72. The summed E-state index contributed by atoms with van der Waals surface area (Å²) in [6, 6.07) is 9.32. The van der Waals surface area contributed by atoms with Gasteiger partial charge in [-0.25, -0.2) is 4.79 Å². The minimum Gasteiger partial charge on any atom is -0.443 e. The number of nitrogens with zero attached hydrogens (tertiary/aromatic N) is 1. The van der Waals surface area contributed by atoms with Crippen molar-refractivity contribution in [2.45, 2.75) is 26.4 Å². The fourth-order valence-electron chi connectivity index (χ4n) is 1.30. The Morgan fingerprint density at radius 3 is 2.39 bits per heavy atom. The number of amides is 1. The van der Waals surface area contributed by atoms with Gasteiger partial charge in [-0.2, -0.15) is 0 Å². The Hall–Kier alpha value is -2.03. The summed E-state index contributed by atoms with van der Waals surface area (Å²) >= 11 is 0. The van der Waals surface area contributed by atoms with Gasteiger partial charge in [-0.15, -0.1) is 0 Å². The average Bonchev–Trinajstić information content (AvgIpc) is 2.28. The van der Waals surface area contributed by atoms with Crippen LogP contribution in [0.3, 0.4) is 0 Å². The molecule has 0 aliphatic carbocycles. The molecule has 0 saturated heterocycles. The maximum absolute atomic E-state index is 12.1. The average molecular weight is 245 g/mol. The molecule has 0 saturated carbocycles. The molecule has 1 aromatic rings. The summed E-state index contributed by atoms with van der Waals surface area (Å²) in [5.41, 5.74) is 0.233. The van der Waals surface area contributed by atoms with Gasteiger partial charge in [-0.1, -0.05) is 30.9 Å². The zero-order valence-electron chi connectivity index (χ0n) is 11.1. The van der Waals surface area contributed by atoms with Gasteiger partial charge in [0.05, 0.1) is 5.69 Å². The summed E-state index contributed by atoms with van der Waals surface area (Å²) in [7, 11) is 0. The molecule has 0 aromatic heterocycles. The number of hydrogen-bond acceptors (Lipinski definition) is 2. The molecule has 0 N–H and O–H groups in total. The second kappa shape index (κ2) is 6.05. The first-order valence-electron chi connectivity index (χ1n) is 5.80. The van der Waals surface area contributed by atoms with Crippen molar-refractivity contribution >= 4 is 11.8 Å². The van der Waals surface area contributed by atoms with E-state index in [1.807, 2.05) is 51.1 Å². The number of carbonyl (C=O) groups is 1. The number of ether oxygens (including phenoxy) is 1. The van der Waals surface area contributed by atoms with Gasteiger partial charge < -0.3 is 4.74 Å². The van der Waals surface area contributed by atoms with Gasteiger partial charge in [0.2, 0.25) is 0 Å². The fraction of sp³-hybridized carbons (Fsp3) is 0.267. The monoisotopic (exact) mass is 245 g/mol. The Morgan fingerprint density at radius 1 is 1.28 bits per heavy atom. The zero-order valence-corrected chi connectivity index (χ0v) is 11.1. The van der Waals surface area contributed by atoms with Crippen molar-refractivity contribution in [1.82, 2.24) is 0 Å². The molecule has 0 radical (unpaired) electrons. The highest BCUT2D eigenvalue weighted by Gasteiger charge is 2.21. The summed E-state index contributed by atoms with van der Waals surface area (Å²) in [4.78, 5) is 13.5. The van der Waals surface area contributed by atoms with Gasteiger partial charge in [-0.3, -0.25) is 4.90 Å². The van der Waals surface area contributed by atoms with Gasteiger partial charge in [0.15, 0.2) is 0 Å². The van der Waals surface area contributed by atoms with E-state index in [-0.39, 0.29) is 0 Å². The lowest BCUT2D eigenvalue weighted by Crippen LogP contribution is -2.33. The smallest absolute Gasteiger partial charge is 0.418 e. The van der Waals surface area contributed by atoms with E-state index in [0.29, 0.717) is 0 Å². The molecular formula is C15H19NO2. The summed E-state index contributed by atoms with van der Waals surface area (Å²) in [5, 5.41) is 0. The molecule has 1 amide bonds.